The van der Waals surface area contributed by atoms with E-state index in [1.165, 1.54) is 18.4 Å². The monoisotopic (exact) mass is 309 g/mol. The maximum atomic E-state index is 12.4. The van der Waals surface area contributed by atoms with Crippen LogP contribution in [0.5, 0.6) is 0 Å². The SMILES string of the molecule is Cc1cccc(C(=O)N(C)CC2CC(Br)C2)c1C. The van der Waals surface area contributed by atoms with Crippen LogP contribution in [0.4, 0.5) is 0 Å². The van der Waals surface area contributed by atoms with Gasteiger partial charge in [-0.2, -0.15) is 0 Å². The van der Waals surface area contributed by atoms with Crippen molar-refractivity contribution in [2.75, 3.05) is 13.6 Å². The van der Waals surface area contributed by atoms with Gasteiger partial charge in [-0.25, -0.2) is 0 Å². The van der Waals surface area contributed by atoms with Crippen molar-refractivity contribution < 1.29 is 4.79 Å². The molecule has 1 aliphatic carbocycles. The third-order valence-electron chi connectivity index (χ3n) is 3.89. The van der Waals surface area contributed by atoms with Gasteiger partial charge in [0.15, 0.2) is 0 Å². The number of carbonyl (C=O) groups is 1. The number of aryl methyl sites for hydroxylation is 1. The fourth-order valence-corrected chi connectivity index (χ4v) is 3.52. The Hall–Kier alpha value is -0.830. The number of amides is 1. The normalized spacial score (nSPS) is 22.4. The van der Waals surface area contributed by atoms with Gasteiger partial charge in [-0.1, -0.05) is 28.1 Å². The second-order valence-electron chi connectivity index (χ2n) is 5.37. The Bertz CT molecular complexity index is 452. The van der Waals surface area contributed by atoms with E-state index in [0.717, 1.165) is 17.7 Å². The van der Waals surface area contributed by atoms with Crippen molar-refractivity contribution in [1.29, 1.82) is 0 Å². The van der Waals surface area contributed by atoms with E-state index in [1.807, 2.05) is 44.0 Å². The first-order chi connectivity index (χ1) is 8.49. The number of alkyl halides is 1. The summed E-state index contributed by atoms with van der Waals surface area (Å²) in [6.07, 6.45) is 2.37. The van der Waals surface area contributed by atoms with E-state index in [4.69, 9.17) is 0 Å². The average Bonchev–Trinajstić information content (AvgIpc) is 2.30. The summed E-state index contributed by atoms with van der Waals surface area (Å²) in [5, 5.41) is 0. The van der Waals surface area contributed by atoms with Crippen molar-refractivity contribution in [2.24, 2.45) is 5.92 Å². The van der Waals surface area contributed by atoms with Gasteiger partial charge in [0, 0.05) is 24.0 Å². The fraction of sp³-hybridized carbons (Fsp3) is 0.533. The first-order valence-electron chi connectivity index (χ1n) is 6.44. The molecule has 2 rings (SSSR count). The Morgan fingerprint density at radius 3 is 2.67 bits per heavy atom. The van der Waals surface area contributed by atoms with Gasteiger partial charge in [0.05, 0.1) is 0 Å². The minimum Gasteiger partial charge on any atom is -0.341 e. The molecule has 0 heterocycles. The van der Waals surface area contributed by atoms with E-state index in [1.54, 1.807) is 0 Å². The van der Waals surface area contributed by atoms with E-state index in [0.29, 0.717) is 10.7 Å². The third kappa shape index (κ3) is 2.77. The van der Waals surface area contributed by atoms with Crippen LogP contribution < -0.4 is 0 Å². The fourth-order valence-electron chi connectivity index (χ4n) is 2.46. The Morgan fingerprint density at radius 1 is 1.39 bits per heavy atom. The molecule has 0 spiro atoms. The number of carbonyl (C=O) groups excluding carboxylic acids is 1. The van der Waals surface area contributed by atoms with Gasteiger partial charge in [-0.05, 0) is 49.8 Å². The predicted molar refractivity (Wildman–Crippen MR) is 78.3 cm³/mol. The molecule has 3 heteroatoms. The zero-order valence-electron chi connectivity index (χ0n) is 11.2. The lowest BCUT2D eigenvalue weighted by atomic mass is 9.85. The van der Waals surface area contributed by atoms with Gasteiger partial charge in [-0.3, -0.25) is 4.79 Å². The molecule has 1 fully saturated rings. The largest absolute Gasteiger partial charge is 0.341 e. The van der Waals surface area contributed by atoms with Gasteiger partial charge in [0.1, 0.15) is 0 Å². The summed E-state index contributed by atoms with van der Waals surface area (Å²) in [6, 6.07) is 5.93. The number of rotatable bonds is 3. The van der Waals surface area contributed by atoms with Crippen LogP contribution in [0.2, 0.25) is 0 Å². The highest BCUT2D eigenvalue weighted by Gasteiger charge is 2.29. The molecule has 2 nitrogen and oxygen atoms in total. The number of benzene rings is 1. The molecule has 0 bridgehead atoms. The average molecular weight is 310 g/mol. The molecule has 0 unspecified atom stereocenters. The van der Waals surface area contributed by atoms with E-state index in [2.05, 4.69) is 15.9 Å². The summed E-state index contributed by atoms with van der Waals surface area (Å²) in [6.45, 7) is 4.94. The van der Waals surface area contributed by atoms with E-state index >= 15 is 0 Å². The Labute approximate surface area is 117 Å². The summed E-state index contributed by atoms with van der Waals surface area (Å²) < 4.78 is 0. The first kappa shape index (κ1) is 13.6. The van der Waals surface area contributed by atoms with Crippen LogP contribution in [0.15, 0.2) is 18.2 Å². The lowest BCUT2D eigenvalue weighted by molar-refractivity contribution is 0.0748. The first-order valence-corrected chi connectivity index (χ1v) is 7.36. The second-order valence-corrected chi connectivity index (χ2v) is 6.66. The number of hydrogen-bond acceptors (Lipinski definition) is 1. The van der Waals surface area contributed by atoms with Gasteiger partial charge >= 0.3 is 0 Å². The van der Waals surface area contributed by atoms with Crippen LogP contribution in [-0.2, 0) is 0 Å². The van der Waals surface area contributed by atoms with Crippen LogP contribution in [0, 0.1) is 19.8 Å². The van der Waals surface area contributed by atoms with Crippen LogP contribution in [-0.4, -0.2) is 29.2 Å². The lowest BCUT2D eigenvalue weighted by Crippen LogP contribution is -2.38. The molecule has 0 aliphatic heterocycles. The highest BCUT2D eigenvalue weighted by atomic mass is 79.9. The van der Waals surface area contributed by atoms with Crippen LogP contribution >= 0.6 is 15.9 Å². The van der Waals surface area contributed by atoms with Crippen LogP contribution in [0.25, 0.3) is 0 Å². The molecule has 1 amide bonds. The molecule has 1 aromatic rings. The van der Waals surface area contributed by atoms with Gasteiger partial charge in [0.25, 0.3) is 5.91 Å². The summed E-state index contributed by atoms with van der Waals surface area (Å²) >= 11 is 3.59. The zero-order valence-corrected chi connectivity index (χ0v) is 12.8. The van der Waals surface area contributed by atoms with E-state index in [-0.39, 0.29) is 5.91 Å². The van der Waals surface area contributed by atoms with Crippen LogP contribution in [0.1, 0.15) is 34.3 Å². The van der Waals surface area contributed by atoms with Crippen molar-refractivity contribution in [2.45, 2.75) is 31.5 Å². The number of nitrogens with zero attached hydrogens (tertiary/aromatic N) is 1. The quantitative estimate of drug-likeness (QED) is 0.782. The molecule has 0 atom stereocenters. The molecule has 0 aromatic heterocycles. The highest BCUT2D eigenvalue weighted by molar-refractivity contribution is 9.09. The van der Waals surface area contributed by atoms with Crippen molar-refractivity contribution in [1.82, 2.24) is 4.90 Å². The molecular formula is C15H20BrNO. The second kappa shape index (κ2) is 5.43. The molecule has 1 aromatic carbocycles. The molecule has 0 N–H and O–H groups in total. The van der Waals surface area contributed by atoms with Crippen molar-refractivity contribution >= 4 is 21.8 Å². The van der Waals surface area contributed by atoms with Crippen molar-refractivity contribution in [3.63, 3.8) is 0 Å². The standard InChI is InChI=1S/C15H20BrNO/c1-10-5-4-6-14(11(10)2)15(18)17(3)9-12-7-13(16)8-12/h4-6,12-13H,7-9H2,1-3H3. The van der Waals surface area contributed by atoms with E-state index in [9.17, 15) is 4.79 Å². The van der Waals surface area contributed by atoms with E-state index < -0.39 is 0 Å². The molecule has 18 heavy (non-hydrogen) atoms. The van der Waals surface area contributed by atoms with Crippen molar-refractivity contribution in [3.8, 4) is 0 Å². The Morgan fingerprint density at radius 2 is 2.06 bits per heavy atom. The molecule has 98 valence electrons. The minimum atomic E-state index is 0.147. The Balaban J connectivity index is 2.04. The topological polar surface area (TPSA) is 20.3 Å². The minimum absolute atomic E-state index is 0.147. The molecule has 1 aliphatic rings. The summed E-state index contributed by atoms with van der Waals surface area (Å²) in [5.41, 5.74) is 3.12. The number of hydrogen-bond donors (Lipinski definition) is 0. The zero-order chi connectivity index (χ0) is 13.3. The van der Waals surface area contributed by atoms with Gasteiger partial charge in [0.2, 0.25) is 0 Å². The van der Waals surface area contributed by atoms with Crippen molar-refractivity contribution in [3.05, 3.63) is 34.9 Å². The third-order valence-corrected chi connectivity index (χ3v) is 4.64. The molecule has 0 saturated heterocycles. The molecule has 0 radical (unpaired) electrons. The summed E-state index contributed by atoms with van der Waals surface area (Å²) in [7, 11) is 1.91. The summed E-state index contributed by atoms with van der Waals surface area (Å²) in [4.78, 5) is 14.9. The smallest absolute Gasteiger partial charge is 0.253 e. The highest BCUT2D eigenvalue weighted by Crippen LogP contribution is 2.33. The number of halogens is 1. The predicted octanol–water partition coefficient (Wildman–Crippen LogP) is 3.55. The molecular weight excluding hydrogens is 290 g/mol. The van der Waals surface area contributed by atoms with Gasteiger partial charge in [-0.15, -0.1) is 0 Å². The Kier molecular flexibility index (Phi) is 4.10. The maximum absolute atomic E-state index is 12.4. The molecule has 1 saturated carbocycles. The summed E-state index contributed by atoms with van der Waals surface area (Å²) in [5.74, 6) is 0.808. The lowest BCUT2D eigenvalue weighted by Gasteiger charge is -2.34. The maximum Gasteiger partial charge on any atom is 0.253 e. The van der Waals surface area contributed by atoms with Gasteiger partial charge < -0.3 is 4.90 Å². The van der Waals surface area contributed by atoms with Crippen LogP contribution in [0.3, 0.4) is 0 Å².